The first-order chi connectivity index (χ1) is 8.60. The first kappa shape index (κ1) is 13.4. The molecule has 18 heavy (non-hydrogen) atoms. The normalized spacial score (nSPS) is 16.2. The molecule has 1 unspecified atom stereocenters. The van der Waals surface area contributed by atoms with Crippen LogP contribution in [0.3, 0.4) is 0 Å². The molecule has 2 rings (SSSR count). The lowest BCUT2D eigenvalue weighted by atomic mass is 10.2. The van der Waals surface area contributed by atoms with E-state index in [2.05, 4.69) is 21.2 Å². The molecule has 0 bridgehead atoms. The number of amides is 1. The molecule has 3 N–H and O–H groups in total. The molecule has 98 valence electrons. The number of ether oxygens (including phenoxy) is 1. The average Bonchev–Trinajstić information content (AvgIpc) is 3.15. The summed E-state index contributed by atoms with van der Waals surface area (Å²) in [5, 5.41) is 2.92. The standard InChI is InChI=1S/C13H17BrN2O2/c1-8(13(17)16-10-2-3-10)18-11-4-5-12(14)9(6-11)7-15/h4-6,8,10H,2-3,7,15H2,1H3,(H,16,17). The Hall–Kier alpha value is -1.07. The third-order valence-electron chi connectivity index (χ3n) is 2.84. The Kier molecular flexibility index (Phi) is 4.24. The molecule has 5 heteroatoms. The maximum atomic E-state index is 11.7. The predicted octanol–water partition coefficient (Wildman–Crippen LogP) is 1.95. The zero-order valence-electron chi connectivity index (χ0n) is 10.3. The van der Waals surface area contributed by atoms with Gasteiger partial charge in [-0.05, 0) is 43.5 Å². The van der Waals surface area contributed by atoms with E-state index in [4.69, 9.17) is 10.5 Å². The van der Waals surface area contributed by atoms with Crippen LogP contribution in [0, 0.1) is 0 Å². The van der Waals surface area contributed by atoms with Gasteiger partial charge in [0.05, 0.1) is 0 Å². The number of halogens is 1. The molecule has 1 aliphatic rings. The molecular formula is C13H17BrN2O2. The Morgan fingerprint density at radius 2 is 2.33 bits per heavy atom. The maximum absolute atomic E-state index is 11.7. The minimum absolute atomic E-state index is 0.0604. The number of nitrogens with one attached hydrogen (secondary N) is 1. The van der Waals surface area contributed by atoms with E-state index in [9.17, 15) is 4.79 Å². The molecule has 0 saturated heterocycles. The number of nitrogens with two attached hydrogens (primary N) is 1. The van der Waals surface area contributed by atoms with Crippen LogP contribution in [0.5, 0.6) is 5.75 Å². The van der Waals surface area contributed by atoms with Gasteiger partial charge in [0, 0.05) is 17.1 Å². The summed E-state index contributed by atoms with van der Waals surface area (Å²) in [6, 6.07) is 5.91. The molecule has 1 fully saturated rings. The van der Waals surface area contributed by atoms with Crippen LogP contribution in [0.4, 0.5) is 0 Å². The highest BCUT2D eigenvalue weighted by atomic mass is 79.9. The fourth-order valence-corrected chi connectivity index (χ4v) is 1.99. The van der Waals surface area contributed by atoms with Gasteiger partial charge in [-0.3, -0.25) is 4.79 Å². The van der Waals surface area contributed by atoms with Gasteiger partial charge in [-0.1, -0.05) is 15.9 Å². The number of carbonyl (C=O) groups excluding carboxylic acids is 1. The quantitative estimate of drug-likeness (QED) is 0.873. The van der Waals surface area contributed by atoms with Crippen molar-refractivity contribution in [1.82, 2.24) is 5.32 Å². The molecule has 0 spiro atoms. The Labute approximate surface area is 115 Å². The highest BCUT2D eigenvalue weighted by molar-refractivity contribution is 9.10. The molecule has 0 heterocycles. The van der Waals surface area contributed by atoms with Crippen molar-refractivity contribution in [3.63, 3.8) is 0 Å². The van der Waals surface area contributed by atoms with Gasteiger partial charge in [-0.15, -0.1) is 0 Å². The maximum Gasteiger partial charge on any atom is 0.260 e. The molecule has 0 radical (unpaired) electrons. The highest BCUT2D eigenvalue weighted by Crippen LogP contribution is 2.23. The summed E-state index contributed by atoms with van der Waals surface area (Å²) in [7, 11) is 0. The summed E-state index contributed by atoms with van der Waals surface area (Å²) < 4.78 is 6.57. The molecule has 1 saturated carbocycles. The van der Waals surface area contributed by atoms with E-state index in [1.54, 1.807) is 6.92 Å². The largest absolute Gasteiger partial charge is 0.481 e. The molecule has 1 aromatic rings. The zero-order valence-corrected chi connectivity index (χ0v) is 11.9. The van der Waals surface area contributed by atoms with Gasteiger partial charge in [-0.25, -0.2) is 0 Å². The van der Waals surface area contributed by atoms with E-state index < -0.39 is 6.10 Å². The van der Waals surface area contributed by atoms with Crippen LogP contribution in [0.25, 0.3) is 0 Å². The summed E-state index contributed by atoms with van der Waals surface area (Å²) in [6.45, 7) is 2.18. The van der Waals surface area contributed by atoms with Gasteiger partial charge in [0.15, 0.2) is 6.10 Å². The summed E-state index contributed by atoms with van der Waals surface area (Å²) in [5.41, 5.74) is 6.58. The third kappa shape index (κ3) is 3.46. The van der Waals surface area contributed by atoms with Crippen LogP contribution in [0.15, 0.2) is 22.7 Å². The fraction of sp³-hybridized carbons (Fsp3) is 0.462. The second-order valence-electron chi connectivity index (χ2n) is 4.50. The number of rotatable bonds is 5. The van der Waals surface area contributed by atoms with Crippen molar-refractivity contribution in [2.45, 2.75) is 38.5 Å². The second kappa shape index (κ2) is 5.71. The van der Waals surface area contributed by atoms with Crippen LogP contribution < -0.4 is 15.8 Å². The summed E-state index contributed by atoms with van der Waals surface area (Å²) in [5.74, 6) is 0.604. The van der Waals surface area contributed by atoms with E-state index in [0.717, 1.165) is 22.9 Å². The highest BCUT2D eigenvalue weighted by Gasteiger charge is 2.26. The topological polar surface area (TPSA) is 64.3 Å². The third-order valence-corrected chi connectivity index (χ3v) is 3.62. The SMILES string of the molecule is CC(Oc1ccc(Br)c(CN)c1)C(=O)NC1CC1. The zero-order chi connectivity index (χ0) is 13.1. The lowest BCUT2D eigenvalue weighted by molar-refractivity contribution is -0.127. The van der Waals surface area contributed by atoms with Crippen molar-refractivity contribution in [3.8, 4) is 5.75 Å². The van der Waals surface area contributed by atoms with Crippen molar-refractivity contribution >= 4 is 21.8 Å². The van der Waals surface area contributed by atoms with Crippen molar-refractivity contribution in [2.75, 3.05) is 0 Å². The smallest absolute Gasteiger partial charge is 0.260 e. The van der Waals surface area contributed by atoms with E-state index in [-0.39, 0.29) is 5.91 Å². The number of hydrogen-bond acceptors (Lipinski definition) is 3. The van der Waals surface area contributed by atoms with Gasteiger partial charge >= 0.3 is 0 Å². The lowest BCUT2D eigenvalue weighted by Gasteiger charge is -2.15. The van der Waals surface area contributed by atoms with Gasteiger partial charge in [0.2, 0.25) is 0 Å². The molecule has 0 aromatic heterocycles. The average molecular weight is 313 g/mol. The first-order valence-corrected chi connectivity index (χ1v) is 6.85. The van der Waals surface area contributed by atoms with Crippen LogP contribution in [-0.4, -0.2) is 18.1 Å². The molecule has 1 aromatic carbocycles. The van der Waals surface area contributed by atoms with Gasteiger partial charge in [-0.2, -0.15) is 0 Å². The van der Waals surface area contributed by atoms with Crippen molar-refractivity contribution in [3.05, 3.63) is 28.2 Å². The molecule has 0 aliphatic heterocycles. The first-order valence-electron chi connectivity index (χ1n) is 6.05. The van der Waals surface area contributed by atoms with Crippen molar-refractivity contribution in [2.24, 2.45) is 5.73 Å². The van der Waals surface area contributed by atoms with Gasteiger partial charge < -0.3 is 15.8 Å². The summed E-state index contributed by atoms with van der Waals surface area (Å²) in [6.07, 6.45) is 1.67. The summed E-state index contributed by atoms with van der Waals surface area (Å²) >= 11 is 3.41. The van der Waals surface area contributed by atoms with E-state index in [1.807, 2.05) is 18.2 Å². The molecule has 4 nitrogen and oxygen atoms in total. The fourth-order valence-electron chi connectivity index (χ4n) is 1.58. The Morgan fingerprint density at radius 1 is 1.61 bits per heavy atom. The summed E-state index contributed by atoms with van der Waals surface area (Å²) in [4.78, 5) is 11.7. The van der Waals surface area contributed by atoms with Crippen LogP contribution >= 0.6 is 15.9 Å². The lowest BCUT2D eigenvalue weighted by Crippen LogP contribution is -2.37. The monoisotopic (exact) mass is 312 g/mol. The van der Waals surface area contributed by atoms with E-state index in [1.165, 1.54) is 0 Å². The molecule has 1 atom stereocenters. The van der Waals surface area contributed by atoms with E-state index >= 15 is 0 Å². The molecule has 1 amide bonds. The predicted molar refractivity (Wildman–Crippen MR) is 73.3 cm³/mol. The minimum atomic E-state index is -0.489. The number of benzene rings is 1. The Balaban J connectivity index is 1.96. The van der Waals surface area contributed by atoms with Gasteiger partial charge in [0.1, 0.15) is 5.75 Å². The van der Waals surface area contributed by atoms with Crippen LogP contribution in [-0.2, 0) is 11.3 Å². The van der Waals surface area contributed by atoms with Crippen molar-refractivity contribution < 1.29 is 9.53 Å². The number of hydrogen-bond donors (Lipinski definition) is 2. The Bertz CT molecular complexity index is 447. The number of carbonyl (C=O) groups is 1. The molecule has 1 aliphatic carbocycles. The van der Waals surface area contributed by atoms with Crippen LogP contribution in [0.1, 0.15) is 25.3 Å². The minimum Gasteiger partial charge on any atom is -0.481 e. The second-order valence-corrected chi connectivity index (χ2v) is 5.35. The molecular weight excluding hydrogens is 296 g/mol. The van der Waals surface area contributed by atoms with Gasteiger partial charge in [0.25, 0.3) is 5.91 Å². The van der Waals surface area contributed by atoms with Crippen molar-refractivity contribution in [1.29, 1.82) is 0 Å². The van der Waals surface area contributed by atoms with E-state index in [0.29, 0.717) is 18.3 Å². The van der Waals surface area contributed by atoms with Crippen LogP contribution in [0.2, 0.25) is 0 Å². The Morgan fingerprint density at radius 3 is 2.94 bits per heavy atom.